The third-order valence-corrected chi connectivity index (χ3v) is 11.9. The van der Waals surface area contributed by atoms with E-state index in [1.54, 1.807) is 11.3 Å². The summed E-state index contributed by atoms with van der Waals surface area (Å²) in [5.74, 6) is -0.450. The molecule has 5 aromatic rings. The number of nitrogens with one attached hydrogen (secondary N) is 2. The minimum absolute atomic E-state index is 0.00475. The van der Waals surface area contributed by atoms with E-state index in [0.717, 1.165) is 55.3 Å². The Bertz CT molecular complexity index is 2270. The summed E-state index contributed by atoms with van der Waals surface area (Å²) in [4.78, 5) is 54.4. The second-order valence-corrected chi connectivity index (χ2v) is 17.9. The van der Waals surface area contributed by atoms with E-state index in [9.17, 15) is 19.5 Å². The zero-order chi connectivity index (χ0) is 44.4. The number of benzene rings is 3. The van der Waals surface area contributed by atoms with Crippen molar-refractivity contribution in [2.24, 2.45) is 5.41 Å². The number of pyridine rings is 1. The highest BCUT2D eigenvalue weighted by Crippen LogP contribution is 2.30. The number of rotatable bonds is 19. The number of amides is 3. The van der Waals surface area contributed by atoms with Crippen molar-refractivity contribution in [3.05, 3.63) is 95.6 Å². The number of likely N-dealkylation sites (tertiary alicyclic amines) is 1. The van der Waals surface area contributed by atoms with Crippen LogP contribution >= 0.6 is 11.3 Å². The van der Waals surface area contributed by atoms with Crippen LogP contribution in [-0.4, -0.2) is 110 Å². The molecule has 0 bridgehead atoms. The Morgan fingerprint density at radius 1 is 0.903 bits per heavy atom. The van der Waals surface area contributed by atoms with Crippen molar-refractivity contribution in [1.82, 2.24) is 25.5 Å². The van der Waals surface area contributed by atoms with Crippen LogP contribution in [0.1, 0.15) is 64.3 Å². The second kappa shape index (κ2) is 21.1. The van der Waals surface area contributed by atoms with Gasteiger partial charge in [0.05, 0.1) is 46.0 Å². The smallest absolute Gasteiger partial charge is 0.246 e. The highest BCUT2D eigenvalue weighted by molar-refractivity contribution is 7.13. The van der Waals surface area contributed by atoms with Crippen molar-refractivity contribution in [1.29, 1.82) is 0 Å². The van der Waals surface area contributed by atoms with Gasteiger partial charge in [-0.1, -0.05) is 63.2 Å². The number of nitrogens with zero attached hydrogens (tertiary/aromatic N) is 4. The summed E-state index contributed by atoms with van der Waals surface area (Å²) in [5, 5.41) is 17.5. The lowest BCUT2D eigenvalue weighted by atomic mass is 9.85. The quantitative estimate of drug-likeness (QED) is 0.0743. The van der Waals surface area contributed by atoms with Gasteiger partial charge >= 0.3 is 0 Å². The van der Waals surface area contributed by atoms with E-state index in [-0.39, 0.29) is 31.5 Å². The monoisotopic (exact) mass is 864 g/mol. The SMILES string of the molecule is Cc1ncsc1-c1ccc(C(C)NC(=O)[C@@H]2C[C@@H](O)CN2C(=O)[C@@H](NC(=O)COCCCOCCCOc2ccc3nc(-c4ccc(N(C)C)cc4)ccc3c2)C(C)(C)C)cc1. The zero-order valence-electron chi connectivity index (χ0n) is 36.9. The van der Waals surface area contributed by atoms with E-state index in [2.05, 4.69) is 50.8 Å². The number of aromatic nitrogens is 2. The van der Waals surface area contributed by atoms with E-state index in [0.29, 0.717) is 39.3 Å². The van der Waals surface area contributed by atoms with Gasteiger partial charge in [0.1, 0.15) is 24.4 Å². The molecule has 330 valence electrons. The molecule has 6 rings (SSSR count). The summed E-state index contributed by atoms with van der Waals surface area (Å²) in [6.07, 6.45) is 0.540. The van der Waals surface area contributed by atoms with Crippen LogP contribution in [0.4, 0.5) is 5.69 Å². The van der Waals surface area contributed by atoms with Crippen LogP contribution in [0.25, 0.3) is 32.6 Å². The van der Waals surface area contributed by atoms with Crippen molar-refractivity contribution >= 4 is 45.6 Å². The van der Waals surface area contributed by atoms with Crippen LogP contribution in [0.5, 0.6) is 5.75 Å². The minimum Gasteiger partial charge on any atom is -0.493 e. The molecule has 3 amide bonds. The molecule has 0 saturated carbocycles. The van der Waals surface area contributed by atoms with Gasteiger partial charge in [-0.25, -0.2) is 9.97 Å². The van der Waals surface area contributed by atoms with E-state index < -0.39 is 35.4 Å². The molecule has 1 saturated heterocycles. The summed E-state index contributed by atoms with van der Waals surface area (Å²) < 4.78 is 17.3. The first-order chi connectivity index (χ1) is 29.7. The number of carbonyl (C=O) groups is 3. The maximum Gasteiger partial charge on any atom is 0.246 e. The maximum absolute atomic E-state index is 14.0. The Labute approximate surface area is 368 Å². The number of aryl methyl sites for hydroxylation is 1. The molecule has 4 atom stereocenters. The molecule has 0 radical (unpaired) electrons. The Balaban J connectivity index is 0.879. The van der Waals surface area contributed by atoms with Gasteiger partial charge in [0.15, 0.2) is 0 Å². The summed E-state index contributed by atoms with van der Waals surface area (Å²) in [5.41, 5.74) is 8.11. The number of thiazole rings is 1. The van der Waals surface area contributed by atoms with Gasteiger partial charge in [-0.3, -0.25) is 14.4 Å². The van der Waals surface area contributed by atoms with Crippen molar-refractivity contribution in [3.63, 3.8) is 0 Å². The van der Waals surface area contributed by atoms with Crippen molar-refractivity contribution in [2.75, 3.05) is 58.6 Å². The van der Waals surface area contributed by atoms with Crippen LogP contribution in [0.15, 0.2) is 84.4 Å². The van der Waals surface area contributed by atoms with Gasteiger partial charge in [-0.15, -0.1) is 11.3 Å². The molecule has 1 aliphatic rings. The van der Waals surface area contributed by atoms with E-state index in [4.69, 9.17) is 19.2 Å². The standard InChI is InChI=1S/C48H60N6O7S/c1-31(33-10-12-35(13-11-33)44-32(2)49-30-62-44)50-46(57)42-27-38(55)28-54(42)47(58)45(48(3,4)5)52-43(56)29-60-24-8-22-59-23-9-25-61-39-19-21-41-36(26-39)16-20-40(51-41)34-14-17-37(18-15-34)53(6)7/h10-21,26,30-31,38,42,45,55H,8-9,22-25,27-29H2,1-7H3,(H,50,57)(H,52,56)/t31?,38-,42+,45-/m1/s1. The fraction of sp³-hybridized carbons (Fsp3) is 0.438. The molecular formula is C48H60N6O7S. The Morgan fingerprint density at radius 3 is 2.27 bits per heavy atom. The first kappa shape index (κ1) is 46.1. The molecule has 3 aromatic carbocycles. The van der Waals surface area contributed by atoms with Crippen molar-refractivity contribution in [2.45, 2.75) is 78.1 Å². The normalized spacial score (nSPS) is 16.2. The minimum atomic E-state index is -0.944. The van der Waals surface area contributed by atoms with Gasteiger partial charge < -0.3 is 39.8 Å². The number of fused-ring (bicyclic) bond motifs is 1. The molecule has 3 N–H and O–H groups in total. The molecule has 2 aromatic heterocycles. The molecule has 14 heteroatoms. The number of hydrogen-bond donors (Lipinski definition) is 3. The van der Waals surface area contributed by atoms with Gasteiger partial charge in [-0.2, -0.15) is 0 Å². The molecule has 1 aliphatic heterocycles. The van der Waals surface area contributed by atoms with Crippen LogP contribution in [0.2, 0.25) is 0 Å². The molecular weight excluding hydrogens is 805 g/mol. The lowest BCUT2D eigenvalue weighted by Crippen LogP contribution is -2.58. The second-order valence-electron chi connectivity index (χ2n) is 17.1. The molecule has 1 unspecified atom stereocenters. The third kappa shape index (κ3) is 12.2. The first-order valence-electron chi connectivity index (χ1n) is 21.2. The number of hydrogen-bond acceptors (Lipinski definition) is 11. The highest BCUT2D eigenvalue weighted by atomic mass is 32.1. The van der Waals surface area contributed by atoms with E-state index >= 15 is 0 Å². The predicted molar refractivity (Wildman–Crippen MR) is 244 cm³/mol. The number of carbonyl (C=O) groups excluding carboxylic acids is 3. The molecule has 0 spiro atoms. The van der Waals surface area contributed by atoms with E-state index in [1.165, 1.54) is 4.90 Å². The van der Waals surface area contributed by atoms with Gasteiger partial charge in [-0.05, 0) is 73.2 Å². The highest BCUT2D eigenvalue weighted by Gasteiger charge is 2.44. The summed E-state index contributed by atoms with van der Waals surface area (Å²) in [6, 6.07) is 24.1. The largest absolute Gasteiger partial charge is 0.493 e. The Hall–Kier alpha value is -5.41. The zero-order valence-corrected chi connectivity index (χ0v) is 37.7. The lowest BCUT2D eigenvalue weighted by Gasteiger charge is -2.35. The molecule has 3 heterocycles. The lowest BCUT2D eigenvalue weighted by molar-refractivity contribution is -0.144. The molecule has 62 heavy (non-hydrogen) atoms. The average molecular weight is 865 g/mol. The Morgan fingerprint density at radius 2 is 1.60 bits per heavy atom. The van der Waals surface area contributed by atoms with E-state index in [1.807, 2.05) is 103 Å². The number of β-amino-alcohol motifs (C(OH)–C–C–N with tert-alkyl or cyclic N) is 1. The number of aliphatic hydroxyl groups is 1. The molecule has 13 nitrogen and oxygen atoms in total. The molecule has 0 aliphatic carbocycles. The number of anilines is 1. The summed E-state index contributed by atoms with van der Waals surface area (Å²) >= 11 is 1.58. The van der Waals surface area contributed by atoms with Gasteiger partial charge in [0.2, 0.25) is 17.7 Å². The molecule has 1 fully saturated rings. The van der Waals surface area contributed by atoms with Crippen LogP contribution in [-0.2, 0) is 23.9 Å². The number of aliphatic hydroxyl groups excluding tert-OH is 1. The summed E-state index contributed by atoms with van der Waals surface area (Å²) in [7, 11) is 4.05. The maximum atomic E-state index is 14.0. The van der Waals surface area contributed by atoms with Crippen molar-refractivity contribution in [3.8, 4) is 27.4 Å². The topological polar surface area (TPSA) is 155 Å². The third-order valence-electron chi connectivity index (χ3n) is 10.9. The van der Waals surface area contributed by atoms with Crippen LogP contribution < -0.4 is 20.3 Å². The van der Waals surface area contributed by atoms with Crippen molar-refractivity contribution < 1.29 is 33.7 Å². The predicted octanol–water partition coefficient (Wildman–Crippen LogP) is 6.96. The fourth-order valence-corrected chi connectivity index (χ4v) is 8.20. The van der Waals surface area contributed by atoms with Crippen LogP contribution in [0, 0.1) is 12.3 Å². The van der Waals surface area contributed by atoms with Gasteiger partial charge in [0.25, 0.3) is 0 Å². The average Bonchev–Trinajstić information content (AvgIpc) is 3.87. The number of ether oxygens (including phenoxy) is 3. The Kier molecular flexibility index (Phi) is 15.7. The summed E-state index contributed by atoms with van der Waals surface area (Å²) in [6.45, 7) is 11.0. The van der Waals surface area contributed by atoms with Crippen LogP contribution in [0.3, 0.4) is 0 Å². The van der Waals surface area contributed by atoms with Gasteiger partial charge in [0, 0.05) is 69.9 Å². The first-order valence-corrected chi connectivity index (χ1v) is 22.1. The fourth-order valence-electron chi connectivity index (χ4n) is 7.38.